The first-order chi connectivity index (χ1) is 10.6. The Morgan fingerprint density at radius 3 is 2.36 bits per heavy atom. The van der Waals surface area contributed by atoms with E-state index in [0.717, 1.165) is 0 Å². The summed E-state index contributed by atoms with van der Waals surface area (Å²) in [6.07, 6.45) is 0. The number of halogens is 1. The fraction of sp³-hybridized carbons (Fsp3) is 0.176. The van der Waals surface area contributed by atoms with E-state index in [-0.39, 0.29) is 18.3 Å². The van der Waals surface area contributed by atoms with Crippen molar-refractivity contribution in [2.45, 2.75) is 6.92 Å². The summed E-state index contributed by atoms with van der Waals surface area (Å²) in [7, 11) is 0. The molecule has 0 saturated carbocycles. The lowest BCUT2D eigenvalue weighted by Gasteiger charge is -2.21. The van der Waals surface area contributed by atoms with Gasteiger partial charge in [0.2, 0.25) is 0 Å². The molecule has 0 radical (unpaired) electrons. The highest BCUT2D eigenvalue weighted by Gasteiger charge is 2.14. The topological polar surface area (TPSA) is 53.3 Å². The van der Waals surface area contributed by atoms with Crippen molar-refractivity contribution >= 4 is 11.6 Å². The predicted octanol–water partition coefficient (Wildman–Crippen LogP) is 3.13. The first kappa shape index (κ1) is 15.5. The van der Waals surface area contributed by atoms with Gasteiger partial charge in [-0.2, -0.15) is 5.26 Å². The van der Waals surface area contributed by atoms with Gasteiger partial charge in [-0.05, 0) is 55.5 Å². The van der Waals surface area contributed by atoms with E-state index in [0.29, 0.717) is 23.5 Å². The van der Waals surface area contributed by atoms with Gasteiger partial charge in [-0.25, -0.2) is 4.39 Å². The molecule has 0 N–H and O–H groups in total. The Kier molecular flexibility index (Phi) is 5.10. The minimum absolute atomic E-state index is 0.128. The number of carbonyl (C=O) groups excluding carboxylic acids is 1. The lowest BCUT2D eigenvalue weighted by Crippen LogP contribution is -2.34. The Balaban J connectivity index is 2.00. The molecule has 0 unspecified atom stereocenters. The highest BCUT2D eigenvalue weighted by Crippen LogP contribution is 2.16. The molecule has 2 aromatic rings. The lowest BCUT2D eigenvalue weighted by atomic mass is 10.2. The van der Waals surface area contributed by atoms with Crippen LogP contribution in [0.1, 0.15) is 12.5 Å². The van der Waals surface area contributed by atoms with Gasteiger partial charge in [0.1, 0.15) is 11.6 Å². The van der Waals surface area contributed by atoms with Crippen molar-refractivity contribution in [3.63, 3.8) is 0 Å². The molecule has 0 spiro atoms. The summed E-state index contributed by atoms with van der Waals surface area (Å²) in [4.78, 5) is 13.7. The van der Waals surface area contributed by atoms with Gasteiger partial charge in [-0.15, -0.1) is 0 Å². The summed E-state index contributed by atoms with van der Waals surface area (Å²) in [6.45, 7) is 2.17. The highest BCUT2D eigenvalue weighted by atomic mass is 19.1. The Labute approximate surface area is 128 Å². The van der Waals surface area contributed by atoms with Crippen LogP contribution in [0.3, 0.4) is 0 Å². The largest absolute Gasteiger partial charge is 0.484 e. The molecule has 0 fully saturated rings. The van der Waals surface area contributed by atoms with Crippen LogP contribution >= 0.6 is 0 Å². The molecule has 0 saturated heterocycles. The number of hydrogen-bond donors (Lipinski definition) is 0. The predicted molar refractivity (Wildman–Crippen MR) is 81.1 cm³/mol. The van der Waals surface area contributed by atoms with Gasteiger partial charge in [0, 0.05) is 12.2 Å². The van der Waals surface area contributed by atoms with E-state index in [2.05, 4.69) is 0 Å². The van der Waals surface area contributed by atoms with Crippen LogP contribution in [-0.2, 0) is 4.79 Å². The monoisotopic (exact) mass is 298 g/mol. The minimum atomic E-state index is -0.346. The van der Waals surface area contributed by atoms with Crippen LogP contribution < -0.4 is 9.64 Å². The SMILES string of the molecule is CCN(C(=O)COc1ccc(C#N)cc1)c1ccc(F)cc1. The fourth-order valence-electron chi connectivity index (χ4n) is 1.97. The van der Waals surface area contributed by atoms with Crippen LogP contribution in [0.15, 0.2) is 48.5 Å². The Morgan fingerprint density at radius 1 is 1.18 bits per heavy atom. The number of nitrogens with zero attached hydrogens (tertiary/aromatic N) is 2. The molecular weight excluding hydrogens is 283 g/mol. The zero-order chi connectivity index (χ0) is 15.9. The number of likely N-dealkylation sites (N-methyl/N-ethyl adjacent to an activating group) is 1. The number of nitriles is 1. The highest BCUT2D eigenvalue weighted by molar-refractivity contribution is 5.94. The second kappa shape index (κ2) is 7.23. The van der Waals surface area contributed by atoms with Crippen molar-refractivity contribution in [3.8, 4) is 11.8 Å². The molecule has 4 nitrogen and oxygen atoms in total. The molecule has 0 aliphatic carbocycles. The number of anilines is 1. The quantitative estimate of drug-likeness (QED) is 0.852. The second-order valence-corrected chi connectivity index (χ2v) is 4.54. The summed E-state index contributed by atoms with van der Waals surface area (Å²) in [6, 6.07) is 14.3. The third-order valence-electron chi connectivity index (χ3n) is 3.10. The van der Waals surface area contributed by atoms with Crippen LogP contribution in [0.25, 0.3) is 0 Å². The molecule has 22 heavy (non-hydrogen) atoms. The minimum Gasteiger partial charge on any atom is -0.484 e. The van der Waals surface area contributed by atoms with E-state index in [4.69, 9.17) is 10.00 Å². The van der Waals surface area contributed by atoms with Gasteiger partial charge < -0.3 is 9.64 Å². The van der Waals surface area contributed by atoms with Crippen molar-refractivity contribution < 1.29 is 13.9 Å². The number of carbonyl (C=O) groups is 1. The fourth-order valence-corrected chi connectivity index (χ4v) is 1.97. The molecule has 0 aromatic heterocycles. The lowest BCUT2D eigenvalue weighted by molar-refractivity contribution is -0.120. The molecule has 112 valence electrons. The van der Waals surface area contributed by atoms with Crippen molar-refractivity contribution in [1.29, 1.82) is 5.26 Å². The first-order valence-corrected chi connectivity index (χ1v) is 6.83. The summed E-state index contributed by atoms with van der Waals surface area (Å²) in [5.74, 6) is -0.0536. The van der Waals surface area contributed by atoms with Crippen LogP contribution in [0.2, 0.25) is 0 Å². The number of rotatable bonds is 5. The molecular formula is C17H15FN2O2. The van der Waals surface area contributed by atoms with Crippen LogP contribution in [0.5, 0.6) is 5.75 Å². The van der Waals surface area contributed by atoms with Gasteiger partial charge in [0.25, 0.3) is 5.91 Å². The smallest absolute Gasteiger partial charge is 0.264 e. The summed E-state index contributed by atoms with van der Waals surface area (Å²) in [5, 5.41) is 8.72. The Morgan fingerprint density at radius 2 is 1.82 bits per heavy atom. The third-order valence-corrected chi connectivity index (χ3v) is 3.10. The maximum absolute atomic E-state index is 12.9. The molecule has 0 heterocycles. The molecule has 1 amide bonds. The number of amides is 1. The van der Waals surface area contributed by atoms with Gasteiger partial charge in [-0.1, -0.05) is 0 Å². The molecule has 0 aliphatic heterocycles. The summed E-state index contributed by atoms with van der Waals surface area (Å²) in [5.41, 5.74) is 1.15. The first-order valence-electron chi connectivity index (χ1n) is 6.83. The third kappa shape index (κ3) is 3.83. The van der Waals surface area contributed by atoms with Crippen LogP contribution in [0, 0.1) is 17.1 Å². The van der Waals surface area contributed by atoms with Crippen molar-refractivity contribution in [2.75, 3.05) is 18.1 Å². The van der Waals surface area contributed by atoms with E-state index in [9.17, 15) is 9.18 Å². The molecule has 0 aliphatic rings. The molecule has 2 rings (SSSR count). The average Bonchev–Trinajstić information content (AvgIpc) is 2.56. The second-order valence-electron chi connectivity index (χ2n) is 4.54. The summed E-state index contributed by atoms with van der Waals surface area (Å²) < 4.78 is 18.4. The molecule has 0 bridgehead atoms. The van der Waals surface area contributed by atoms with Gasteiger partial charge in [0.05, 0.1) is 11.6 Å². The Hall–Kier alpha value is -2.87. The van der Waals surface area contributed by atoms with Crippen molar-refractivity contribution in [3.05, 3.63) is 59.9 Å². The molecule has 2 aromatic carbocycles. The standard InChI is InChI=1S/C17H15FN2O2/c1-2-20(15-7-5-14(18)6-8-15)17(21)12-22-16-9-3-13(11-19)4-10-16/h3-10H,2,12H2,1H3. The van der Waals surface area contributed by atoms with E-state index < -0.39 is 0 Å². The Bertz CT molecular complexity index is 675. The van der Waals surface area contributed by atoms with Crippen molar-refractivity contribution in [2.24, 2.45) is 0 Å². The van der Waals surface area contributed by atoms with Crippen LogP contribution in [0.4, 0.5) is 10.1 Å². The van der Waals surface area contributed by atoms with Gasteiger partial charge >= 0.3 is 0 Å². The van der Waals surface area contributed by atoms with Gasteiger partial charge in [-0.3, -0.25) is 4.79 Å². The van der Waals surface area contributed by atoms with Gasteiger partial charge in [0.15, 0.2) is 6.61 Å². The number of benzene rings is 2. The molecule has 5 heteroatoms. The van der Waals surface area contributed by atoms with E-state index in [1.807, 2.05) is 13.0 Å². The maximum atomic E-state index is 12.9. The van der Waals surface area contributed by atoms with E-state index >= 15 is 0 Å². The van der Waals surface area contributed by atoms with E-state index in [1.165, 1.54) is 17.0 Å². The zero-order valence-electron chi connectivity index (χ0n) is 12.1. The summed E-state index contributed by atoms with van der Waals surface area (Å²) >= 11 is 0. The normalized spacial score (nSPS) is 9.86. The zero-order valence-corrected chi connectivity index (χ0v) is 12.1. The average molecular weight is 298 g/mol. The number of ether oxygens (including phenoxy) is 1. The van der Waals surface area contributed by atoms with Crippen LogP contribution in [-0.4, -0.2) is 19.1 Å². The molecule has 0 atom stereocenters. The van der Waals surface area contributed by atoms with E-state index in [1.54, 1.807) is 36.4 Å². The van der Waals surface area contributed by atoms with Crippen molar-refractivity contribution in [1.82, 2.24) is 0 Å². The number of hydrogen-bond acceptors (Lipinski definition) is 3. The maximum Gasteiger partial charge on any atom is 0.264 e.